The molecule has 4 nitrogen and oxygen atoms in total. The third-order valence-electron chi connectivity index (χ3n) is 4.33. The molecule has 2 N–H and O–H groups in total. The molecule has 6 heteroatoms. The van der Waals surface area contributed by atoms with Gasteiger partial charge in [-0.1, -0.05) is 53.0 Å². The molecule has 25 heavy (non-hydrogen) atoms. The van der Waals surface area contributed by atoms with Gasteiger partial charge < -0.3 is 10.6 Å². The smallest absolute Gasteiger partial charge is 0.240 e. The molecule has 0 aliphatic heterocycles. The van der Waals surface area contributed by atoms with E-state index in [2.05, 4.69) is 10.6 Å². The van der Waals surface area contributed by atoms with Crippen molar-refractivity contribution in [2.45, 2.75) is 26.3 Å². The monoisotopic (exact) mass is 376 g/mol. The van der Waals surface area contributed by atoms with Crippen LogP contribution in [0.2, 0.25) is 10.0 Å². The van der Waals surface area contributed by atoms with Gasteiger partial charge in [0, 0.05) is 11.6 Å². The van der Waals surface area contributed by atoms with Crippen LogP contribution in [-0.2, 0) is 16.1 Å². The molecule has 130 valence electrons. The molecule has 3 rings (SSSR count). The fourth-order valence-electron chi connectivity index (χ4n) is 2.69. The summed E-state index contributed by atoms with van der Waals surface area (Å²) in [4.78, 5) is 25.1. The van der Waals surface area contributed by atoms with Crippen molar-refractivity contribution < 1.29 is 9.59 Å². The number of nitrogens with one attached hydrogen (secondary N) is 2. The van der Waals surface area contributed by atoms with Crippen LogP contribution in [0.15, 0.2) is 42.5 Å². The standard InChI is InChI=1S/C19H18Cl2N2O2/c1-12-3-2-4-13(9-12)11-22-17(24)19(7-8-19)18(25)23-16-6-5-14(20)10-15(16)21/h2-6,9-10H,7-8,11H2,1H3,(H,22,24)(H,23,25). The van der Waals surface area contributed by atoms with Crippen LogP contribution in [0.3, 0.4) is 0 Å². The van der Waals surface area contributed by atoms with Gasteiger partial charge in [-0.05, 0) is 43.5 Å². The summed E-state index contributed by atoms with van der Waals surface area (Å²) in [6.07, 6.45) is 1.06. The van der Waals surface area contributed by atoms with E-state index in [1.165, 1.54) is 0 Å². The largest absolute Gasteiger partial charge is 0.351 e. The molecule has 2 amide bonds. The number of aryl methyl sites for hydroxylation is 1. The molecule has 2 aromatic carbocycles. The van der Waals surface area contributed by atoms with Crippen molar-refractivity contribution in [1.82, 2.24) is 5.32 Å². The number of benzene rings is 2. The number of anilines is 1. The lowest BCUT2D eigenvalue weighted by molar-refractivity contribution is -0.134. The van der Waals surface area contributed by atoms with Crippen LogP contribution in [0.25, 0.3) is 0 Å². The van der Waals surface area contributed by atoms with Crippen LogP contribution in [-0.4, -0.2) is 11.8 Å². The molecule has 0 saturated heterocycles. The number of carbonyl (C=O) groups excluding carboxylic acids is 2. The lowest BCUT2D eigenvalue weighted by Crippen LogP contribution is -2.39. The third-order valence-corrected chi connectivity index (χ3v) is 4.88. The fraction of sp³-hybridized carbons (Fsp3) is 0.263. The maximum atomic E-state index is 12.6. The van der Waals surface area contributed by atoms with Crippen LogP contribution in [0.4, 0.5) is 5.69 Å². The molecule has 1 aliphatic carbocycles. The van der Waals surface area contributed by atoms with Crippen LogP contribution in [0.5, 0.6) is 0 Å². The Balaban J connectivity index is 1.64. The van der Waals surface area contributed by atoms with Crippen molar-refractivity contribution in [3.63, 3.8) is 0 Å². The Morgan fingerprint density at radius 2 is 1.84 bits per heavy atom. The maximum absolute atomic E-state index is 12.6. The van der Waals surface area contributed by atoms with E-state index < -0.39 is 5.41 Å². The first-order valence-electron chi connectivity index (χ1n) is 8.01. The van der Waals surface area contributed by atoms with Crippen LogP contribution < -0.4 is 10.6 Å². The molecular weight excluding hydrogens is 359 g/mol. The van der Waals surface area contributed by atoms with E-state index in [0.717, 1.165) is 11.1 Å². The van der Waals surface area contributed by atoms with E-state index in [1.54, 1.807) is 18.2 Å². The zero-order valence-electron chi connectivity index (χ0n) is 13.7. The van der Waals surface area contributed by atoms with Crippen molar-refractivity contribution in [3.8, 4) is 0 Å². The Bertz CT molecular complexity index is 832. The first-order valence-corrected chi connectivity index (χ1v) is 8.77. The average molecular weight is 377 g/mol. The molecule has 1 saturated carbocycles. The zero-order chi connectivity index (χ0) is 18.0. The topological polar surface area (TPSA) is 58.2 Å². The Morgan fingerprint density at radius 1 is 1.08 bits per heavy atom. The fourth-order valence-corrected chi connectivity index (χ4v) is 3.14. The van der Waals surface area contributed by atoms with Gasteiger partial charge in [0.1, 0.15) is 5.41 Å². The summed E-state index contributed by atoms with van der Waals surface area (Å²) in [5.74, 6) is -0.588. The average Bonchev–Trinajstić information content (AvgIpc) is 3.37. The number of amides is 2. The number of rotatable bonds is 5. The quantitative estimate of drug-likeness (QED) is 0.762. The van der Waals surface area contributed by atoms with Crippen molar-refractivity contribution in [3.05, 3.63) is 63.6 Å². The minimum Gasteiger partial charge on any atom is -0.351 e. The summed E-state index contributed by atoms with van der Waals surface area (Å²) in [7, 11) is 0. The highest BCUT2D eigenvalue weighted by Gasteiger charge is 2.56. The summed E-state index contributed by atoms with van der Waals surface area (Å²) in [5.41, 5.74) is 1.58. The SMILES string of the molecule is Cc1cccc(CNC(=O)C2(C(=O)Nc3ccc(Cl)cc3Cl)CC2)c1. The van der Waals surface area contributed by atoms with E-state index in [1.807, 2.05) is 31.2 Å². The summed E-state index contributed by atoms with van der Waals surface area (Å²) < 4.78 is 0. The molecule has 0 radical (unpaired) electrons. The molecule has 0 unspecified atom stereocenters. The van der Waals surface area contributed by atoms with Gasteiger partial charge in [0.15, 0.2) is 0 Å². The molecule has 0 aromatic heterocycles. The predicted molar refractivity (Wildman–Crippen MR) is 99.8 cm³/mol. The van der Waals surface area contributed by atoms with E-state index in [9.17, 15) is 9.59 Å². The van der Waals surface area contributed by atoms with Gasteiger partial charge in [0.2, 0.25) is 11.8 Å². The van der Waals surface area contributed by atoms with E-state index in [4.69, 9.17) is 23.2 Å². The van der Waals surface area contributed by atoms with Gasteiger partial charge in [-0.25, -0.2) is 0 Å². The number of hydrogen-bond acceptors (Lipinski definition) is 2. The molecule has 0 atom stereocenters. The number of hydrogen-bond donors (Lipinski definition) is 2. The van der Waals surface area contributed by atoms with Crippen LogP contribution >= 0.6 is 23.2 Å². The van der Waals surface area contributed by atoms with Gasteiger partial charge in [-0.3, -0.25) is 9.59 Å². The second-order valence-electron chi connectivity index (χ2n) is 6.33. The predicted octanol–water partition coefficient (Wildman–Crippen LogP) is 4.34. The molecule has 1 fully saturated rings. The summed E-state index contributed by atoms with van der Waals surface area (Å²) in [6.45, 7) is 2.40. The van der Waals surface area contributed by atoms with Crippen molar-refractivity contribution in [2.75, 3.05) is 5.32 Å². The second kappa shape index (κ2) is 7.06. The first-order chi connectivity index (χ1) is 11.9. The highest BCUT2D eigenvalue weighted by atomic mass is 35.5. The molecular formula is C19H18Cl2N2O2. The maximum Gasteiger partial charge on any atom is 0.240 e. The van der Waals surface area contributed by atoms with Crippen molar-refractivity contribution in [1.29, 1.82) is 0 Å². The van der Waals surface area contributed by atoms with Crippen molar-refractivity contribution in [2.24, 2.45) is 5.41 Å². The van der Waals surface area contributed by atoms with E-state index in [0.29, 0.717) is 35.1 Å². The van der Waals surface area contributed by atoms with Crippen LogP contribution in [0, 0.1) is 12.3 Å². The number of carbonyl (C=O) groups is 2. The summed E-state index contributed by atoms with van der Waals surface area (Å²) in [5, 5.41) is 6.43. The zero-order valence-corrected chi connectivity index (χ0v) is 15.2. The molecule has 0 spiro atoms. The van der Waals surface area contributed by atoms with E-state index >= 15 is 0 Å². The van der Waals surface area contributed by atoms with Gasteiger partial charge in [0.05, 0.1) is 10.7 Å². The third kappa shape index (κ3) is 3.97. The van der Waals surface area contributed by atoms with Gasteiger partial charge in [-0.2, -0.15) is 0 Å². The Hall–Kier alpha value is -2.04. The van der Waals surface area contributed by atoms with Gasteiger partial charge >= 0.3 is 0 Å². The molecule has 1 aliphatic rings. The summed E-state index contributed by atoms with van der Waals surface area (Å²) in [6, 6.07) is 12.7. The number of halogens is 2. The first kappa shape index (κ1) is 17.8. The Kier molecular flexibility index (Phi) is 5.02. The highest BCUT2D eigenvalue weighted by Crippen LogP contribution is 2.47. The molecule has 2 aromatic rings. The van der Waals surface area contributed by atoms with Gasteiger partial charge in [-0.15, -0.1) is 0 Å². The van der Waals surface area contributed by atoms with Crippen LogP contribution in [0.1, 0.15) is 24.0 Å². The van der Waals surface area contributed by atoms with Gasteiger partial charge in [0.25, 0.3) is 0 Å². The normalized spacial score (nSPS) is 14.7. The lowest BCUT2D eigenvalue weighted by atomic mass is 10.0. The minimum atomic E-state index is -1.01. The Morgan fingerprint density at radius 3 is 2.48 bits per heavy atom. The minimum absolute atomic E-state index is 0.253. The summed E-state index contributed by atoms with van der Waals surface area (Å²) >= 11 is 11.9. The molecule has 0 heterocycles. The lowest BCUT2D eigenvalue weighted by Gasteiger charge is -2.16. The Labute approximate surface area is 156 Å². The van der Waals surface area contributed by atoms with Crippen molar-refractivity contribution >= 4 is 40.7 Å². The highest BCUT2D eigenvalue weighted by molar-refractivity contribution is 6.36. The molecule has 0 bridgehead atoms. The second-order valence-corrected chi connectivity index (χ2v) is 7.18. The van der Waals surface area contributed by atoms with E-state index in [-0.39, 0.29) is 11.8 Å².